The summed E-state index contributed by atoms with van der Waals surface area (Å²) in [5.41, 5.74) is 1.14. The zero-order chi connectivity index (χ0) is 12.5. The second kappa shape index (κ2) is 4.98. The fourth-order valence-electron chi connectivity index (χ4n) is 3.21. The van der Waals surface area contributed by atoms with Crippen LogP contribution < -0.4 is 15.0 Å². The number of piperidine rings is 2. The molecule has 0 saturated carbocycles. The quantitative estimate of drug-likeness (QED) is 0.890. The molecule has 1 aromatic carbocycles. The zero-order valence-corrected chi connectivity index (χ0v) is 11.4. The van der Waals surface area contributed by atoms with Crippen LogP contribution in [-0.4, -0.2) is 33.3 Å². The number of nitrogens with one attached hydrogen (secondary N) is 1. The first-order chi connectivity index (χ1) is 8.76. The Morgan fingerprint density at radius 2 is 2.00 bits per heavy atom. The summed E-state index contributed by atoms with van der Waals surface area (Å²) in [5, 5.41) is 4.29. The van der Waals surface area contributed by atoms with Gasteiger partial charge < -0.3 is 15.0 Å². The first-order valence-corrected chi connectivity index (χ1v) is 6.93. The van der Waals surface area contributed by atoms with Crippen LogP contribution in [0.3, 0.4) is 0 Å². The number of fused-ring (bicyclic) bond motifs is 2. The lowest BCUT2D eigenvalue weighted by atomic mass is 9.85. The highest BCUT2D eigenvalue weighted by Crippen LogP contribution is 2.35. The molecule has 1 aromatic rings. The maximum atomic E-state index is 6.12. The van der Waals surface area contributed by atoms with Crippen molar-refractivity contribution >= 4 is 17.3 Å². The molecule has 0 aliphatic carbocycles. The molecule has 4 heteroatoms. The molecule has 3 nitrogen and oxygen atoms in total. The number of hydrogen-bond acceptors (Lipinski definition) is 3. The molecule has 2 fully saturated rings. The summed E-state index contributed by atoms with van der Waals surface area (Å²) in [6, 6.07) is 5.87. The summed E-state index contributed by atoms with van der Waals surface area (Å²) >= 11 is 6.12. The van der Waals surface area contributed by atoms with Gasteiger partial charge in [-0.25, -0.2) is 0 Å². The first-order valence-electron chi connectivity index (χ1n) is 6.55. The molecule has 2 bridgehead atoms. The molecule has 2 atom stereocenters. The minimum absolute atomic E-state index is 0.751. The van der Waals surface area contributed by atoms with Crippen molar-refractivity contribution in [2.24, 2.45) is 11.8 Å². The predicted molar refractivity (Wildman–Crippen MR) is 74.7 cm³/mol. The van der Waals surface area contributed by atoms with Crippen molar-refractivity contribution in [1.29, 1.82) is 0 Å². The summed E-state index contributed by atoms with van der Waals surface area (Å²) in [7, 11) is 1.72. The molecule has 2 saturated heterocycles. The zero-order valence-electron chi connectivity index (χ0n) is 10.7. The van der Waals surface area contributed by atoms with Crippen molar-refractivity contribution < 1.29 is 4.74 Å². The molecular weight excluding hydrogens is 248 g/mol. The van der Waals surface area contributed by atoms with Crippen LogP contribution in [0.5, 0.6) is 5.75 Å². The van der Waals surface area contributed by atoms with Crippen LogP contribution in [0.1, 0.15) is 6.42 Å². The summed E-state index contributed by atoms with van der Waals surface area (Å²) in [6.45, 7) is 4.46. The smallest absolute Gasteiger partial charge is 0.142 e. The van der Waals surface area contributed by atoms with Crippen LogP contribution in [0.15, 0.2) is 18.2 Å². The van der Waals surface area contributed by atoms with Gasteiger partial charge in [-0.2, -0.15) is 0 Å². The van der Waals surface area contributed by atoms with Crippen LogP contribution in [0.2, 0.25) is 5.02 Å². The standard InChI is InChI=1S/C14H19ClN2O/c1-18-14-3-2-12(15)5-13(14)17-8-10-4-11(9-17)7-16-6-10/h2-3,5,10-11,16H,4,6-9H2,1H3. The fourth-order valence-corrected chi connectivity index (χ4v) is 3.38. The first kappa shape index (κ1) is 12.1. The third kappa shape index (κ3) is 2.29. The van der Waals surface area contributed by atoms with E-state index in [1.54, 1.807) is 7.11 Å². The average molecular weight is 267 g/mol. The lowest BCUT2D eigenvalue weighted by molar-refractivity contribution is 0.248. The molecule has 98 valence electrons. The van der Waals surface area contributed by atoms with E-state index in [0.717, 1.165) is 54.5 Å². The molecule has 2 heterocycles. The summed E-state index contributed by atoms with van der Waals surface area (Å²) < 4.78 is 5.46. The summed E-state index contributed by atoms with van der Waals surface area (Å²) in [5.74, 6) is 2.43. The number of ether oxygens (including phenoxy) is 1. The van der Waals surface area contributed by atoms with Gasteiger partial charge in [-0.05, 0) is 49.5 Å². The molecule has 0 radical (unpaired) electrons. The second-order valence-electron chi connectivity index (χ2n) is 5.35. The van der Waals surface area contributed by atoms with E-state index in [2.05, 4.69) is 10.2 Å². The lowest BCUT2D eigenvalue weighted by Crippen LogP contribution is -2.51. The van der Waals surface area contributed by atoms with Gasteiger partial charge in [0.05, 0.1) is 12.8 Å². The van der Waals surface area contributed by atoms with Gasteiger partial charge >= 0.3 is 0 Å². The van der Waals surface area contributed by atoms with E-state index >= 15 is 0 Å². The van der Waals surface area contributed by atoms with E-state index < -0.39 is 0 Å². The van der Waals surface area contributed by atoms with Crippen LogP contribution >= 0.6 is 11.6 Å². The van der Waals surface area contributed by atoms with Gasteiger partial charge in [-0.3, -0.25) is 0 Å². The van der Waals surface area contributed by atoms with Gasteiger partial charge in [0, 0.05) is 18.1 Å². The Morgan fingerprint density at radius 3 is 2.67 bits per heavy atom. The Bertz CT molecular complexity index is 426. The minimum atomic E-state index is 0.751. The second-order valence-corrected chi connectivity index (χ2v) is 5.78. The fraction of sp³-hybridized carbons (Fsp3) is 0.571. The van der Waals surface area contributed by atoms with Gasteiger partial charge in [0.2, 0.25) is 0 Å². The molecule has 0 spiro atoms. The van der Waals surface area contributed by atoms with Gasteiger partial charge in [-0.1, -0.05) is 11.6 Å². The number of anilines is 1. The van der Waals surface area contributed by atoms with Crippen molar-refractivity contribution in [3.05, 3.63) is 23.2 Å². The van der Waals surface area contributed by atoms with E-state index in [4.69, 9.17) is 16.3 Å². The van der Waals surface area contributed by atoms with Gasteiger partial charge in [0.15, 0.2) is 0 Å². The van der Waals surface area contributed by atoms with Gasteiger partial charge in [-0.15, -0.1) is 0 Å². The highest BCUT2D eigenvalue weighted by molar-refractivity contribution is 6.30. The topological polar surface area (TPSA) is 24.5 Å². The van der Waals surface area contributed by atoms with Crippen LogP contribution in [0, 0.1) is 11.8 Å². The highest BCUT2D eigenvalue weighted by atomic mass is 35.5. The van der Waals surface area contributed by atoms with Gasteiger partial charge in [0.25, 0.3) is 0 Å². The molecule has 3 rings (SSSR count). The molecule has 0 amide bonds. The van der Waals surface area contributed by atoms with Crippen molar-refractivity contribution in [2.45, 2.75) is 6.42 Å². The van der Waals surface area contributed by atoms with Crippen LogP contribution in [0.4, 0.5) is 5.69 Å². The molecule has 2 aliphatic rings. The maximum absolute atomic E-state index is 6.12. The number of rotatable bonds is 2. The number of halogens is 1. The van der Waals surface area contributed by atoms with Crippen molar-refractivity contribution in [3.8, 4) is 5.75 Å². The Kier molecular flexibility index (Phi) is 3.35. The minimum Gasteiger partial charge on any atom is -0.495 e. The molecule has 2 aliphatic heterocycles. The number of benzene rings is 1. The molecule has 0 aromatic heterocycles. The molecular formula is C14H19ClN2O. The summed E-state index contributed by atoms with van der Waals surface area (Å²) in [6.07, 6.45) is 1.35. The normalized spacial score (nSPS) is 27.1. The SMILES string of the molecule is COc1ccc(Cl)cc1N1CC2CNCC(C2)C1. The Balaban J connectivity index is 1.87. The Morgan fingerprint density at radius 1 is 1.28 bits per heavy atom. The molecule has 18 heavy (non-hydrogen) atoms. The van der Waals surface area contributed by atoms with Crippen molar-refractivity contribution in [2.75, 3.05) is 38.2 Å². The third-order valence-corrected chi connectivity index (χ3v) is 4.21. The van der Waals surface area contributed by atoms with E-state index in [-0.39, 0.29) is 0 Å². The van der Waals surface area contributed by atoms with E-state index in [0.29, 0.717) is 0 Å². The van der Waals surface area contributed by atoms with Crippen LogP contribution in [0.25, 0.3) is 0 Å². The third-order valence-electron chi connectivity index (χ3n) is 3.97. The van der Waals surface area contributed by atoms with Crippen molar-refractivity contribution in [3.63, 3.8) is 0 Å². The lowest BCUT2D eigenvalue weighted by Gasteiger charge is -2.43. The number of hydrogen-bond donors (Lipinski definition) is 1. The number of methoxy groups -OCH3 is 1. The van der Waals surface area contributed by atoms with Gasteiger partial charge in [0.1, 0.15) is 5.75 Å². The van der Waals surface area contributed by atoms with E-state index in [9.17, 15) is 0 Å². The largest absolute Gasteiger partial charge is 0.495 e. The maximum Gasteiger partial charge on any atom is 0.142 e. The summed E-state index contributed by atoms with van der Waals surface area (Å²) in [4.78, 5) is 2.43. The van der Waals surface area contributed by atoms with E-state index in [1.807, 2.05) is 18.2 Å². The Labute approximate surface area is 113 Å². The predicted octanol–water partition coefficient (Wildman–Crippen LogP) is 2.39. The molecule has 1 N–H and O–H groups in total. The highest BCUT2D eigenvalue weighted by Gasteiger charge is 2.31. The van der Waals surface area contributed by atoms with Crippen LogP contribution in [-0.2, 0) is 0 Å². The Hall–Kier alpha value is -0.930. The number of nitrogens with zero attached hydrogens (tertiary/aromatic N) is 1. The monoisotopic (exact) mass is 266 g/mol. The van der Waals surface area contributed by atoms with E-state index in [1.165, 1.54) is 6.42 Å². The van der Waals surface area contributed by atoms with Crippen molar-refractivity contribution in [1.82, 2.24) is 5.32 Å². The average Bonchev–Trinajstić information content (AvgIpc) is 2.38. The molecule has 2 unspecified atom stereocenters.